The Balaban J connectivity index is 2.09. The number of sulfonamides is 1. The van der Waals surface area contributed by atoms with Crippen LogP contribution in [0.25, 0.3) is 0 Å². The van der Waals surface area contributed by atoms with Crippen LogP contribution in [0, 0.1) is 0 Å². The summed E-state index contributed by atoms with van der Waals surface area (Å²) in [6, 6.07) is 22.8. The summed E-state index contributed by atoms with van der Waals surface area (Å²) in [5.74, 6) is -0.744. The van der Waals surface area contributed by atoms with E-state index in [1.807, 2.05) is 70.2 Å². The van der Waals surface area contributed by atoms with Gasteiger partial charge in [-0.15, -0.1) is 0 Å². The van der Waals surface area contributed by atoms with Crippen LogP contribution in [0.2, 0.25) is 5.02 Å². The molecule has 0 radical (unpaired) electrons. The van der Waals surface area contributed by atoms with Crippen LogP contribution in [0.5, 0.6) is 0 Å². The first-order valence-corrected chi connectivity index (χ1v) is 16.1. The topological polar surface area (TPSA) is 86.8 Å². The van der Waals surface area contributed by atoms with Gasteiger partial charge >= 0.3 is 0 Å². The van der Waals surface area contributed by atoms with E-state index in [1.165, 1.54) is 4.90 Å². The molecular formula is C32H40ClN3O4S. The van der Waals surface area contributed by atoms with Gasteiger partial charge < -0.3 is 10.2 Å². The standard InChI is InChI=1S/C32H40ClN3O4S/c1-6-24(4)34-32(38)30(20-25-12-8-7-9-13-25)35(21-26-16-18-27(33)19-17-26)31(37)22-36(41(5,39)40)29-15-11-10-14-28(29)23(2)3/h7-19,23-24,30H,6,20-22H2,1-5H3,(H,34,38)/t24-,30-/m0/s1. The van der Waals surface area contributed by atoms with Gasteiger partial charge in [-0.25, -0.2) is 8.42 Å². The first-order chi connectivity index (χ1) is 19.4. The smallest absolute Gasteiger partial charge is 0.244 e. The van der Waals surface area contributed by atoms with Crippen LogP contribution in [0.15, 0.2) is 78.9 Å². The molecule has 0 aliphatic heterocycles. The molecule has 3 aromatic carbocycles. The van der Waals surface area contributed by atoms with Crippen molar-refractivity contribution in [1.82, 2.24) is 10.2 Å². The third kappa shape index (κ3) is 9.07. The number of nitrogens with zero attached hydrogens (tertiary/aromatic N) is 2. The van der Waals surface area contributed by atoms with Gasteiger partial charge in [0.15, 0.2) is 0 Å². The summed E-state index contributed by atoms with van der Waals surface area (Å²) in [6.07, 6.45) is 2.09. The Bertz CT molecular complexity index is 1410. The molecule has 220 valence electrons. The predicted molar refractivity (Wildman–Crippen MR) is 167 cm³/mol. The van der Waals surface area contributed by atoms with Gasteiger partial charge in [-0.2, -0.15) is 0 Å². The van der Waals surface area contributed by atoms with Crippen molar-refractivity contribution in [2.45, 2.75) is 65.1 Å². The van der Waals surface area contributed by atoms with Gasteiger partial charge in [0.25, 0.3) is 0 Å². The second kappa shape index (κ2) is 14.5. The maximum absolute atomic E-state index is 14.2. The molecule has 0 aromatic heterocycles. The second-order valence-corrected chi connectivity index (χ2v) is 13.0. The molecule has 0 spiro atoms. The summed E-state index contributed by atoms with van der Waals surface area (Å²) in [7, 11) is -3.84. The van der Waals surface area contributed by atoms with E-state index in [9.17, 15) is 18.0 Å². The summed E-state index contributed by atoms with van der Waals surface area (Å²) < 4.78 is 27.3. The van der Waals surface area contributed by atoms with Crippen molar-refractivity contribution in [2.24, 2.45) is 0 Å². The Kier molecular flexibility index (Phi) is 11.4. The number of carbonyl (C=O) groups is 2. The fraction of sp³-hybridized carbons (Fsp3) is 0.375. The van der Waals surface area contributed by atoms with Crippen LogP contribution in [0.3, 0.4) is 0 Å². The molecule has 0 heterocycles. The first-order valence-electron chi connectivity index (χ1n) is 13.9. The van der Waals surface area contributed by atoms with E-state index >= 15 is 0 Å². The maximum Gasteiger partial charge on any atom is 0.244 e. The highest BCUT2D eigenvalue weighted by Crippen LogP contribution is 2.29. The predicted octanol–water partition coefficient (Wildman–Crippen LogP) is 5.78. The molecule has 0 bridgehead atoms. The van der Waals surface area contributed by atoms with Crippen molar-refractivity contribution in [1.29, 1.82) is 0 Å². The van der Waals surface area contributed by atoms with Gasteiger partial charge in [-0.3, -0.25) is 13.9 Å². The van der Waals surface area contributed by atoms with Crippen LogP contribution in [-0.4, -0.2) is 50.0 Å². The number of benzene rings is 3. The van der Waals surface area contributed by atoms with E-state index in [0.717, 1.165) is 33.7 Å². The van der Waals surface area contributed by atoms with Gasteiger partial charge in [0.1, 0.15) is 12.6 Å². The minimum absolute atomic E-state index is 0.0304. The number of rotatable bonds is 13. The summed E-state index contributed by atoms with van der Waals surface area (Å²) >= 11 is 6.11. The van der Waals surface area contributed by atoms with Crippen LogP contribution in [-0.2, 0) is 32.6 Å². The largest absolute Gasteiger partial charge is 0.352 e. The number of halogens is 1. The van der Waals surface area contributed by atoms with E-state index in [1.54, 1.807) is 36.4 Å². The number of carbonyl (C=O) groups excluding carboxylic acids is 2. The molecule has 0 unspecified atom stereocenters. The van der Waals surface area contributed by atoms with E-state index in [-0.39, 0.29) is 30.8 Å². The molecule has 1 N–H and O–H groups in total. The molecule has 3 aromatic rings. The van der Waals surface area contributed by atoms with Gasteiger partial charge in [0, 0.05) is 24.0 Å². The van der Waals surface area contributed by atoms with Crippen LogP contribution in [0.1, 0.15) is 56.7 Å². The molecule has 0 aliphatic rings. The van der Waals surface area contributed by atoms with E-state index in [2.05, 4.69) is 5.32 Å². The van der Waals surface area contributed by atoms with Crippen molar-refractivity contribution >= 4 is 39.1 Å². The minimum atomic E-state index is -3.84. The number of hydrogen-bond donors (Lipinski definition) is 1. The lowest BCUT2D eigenvalue weighted by atomic mass is 10.0. The van der Waals surface area contributed by atoms with Crippen molar-refractivity contribution in [2.75, 3.05) is 17.1 Å². The molecule has 7 nitrogen and oxygen atoms in total. The normalized spacial score (nSPS) is 13.0. The van der Waals surface area contributed by atoms with Gasteiger partial charge in [-0.1, -0.05) is 93.0 Å². The Morgan fingerprint density at radius 1 is 0.878 bits per heavy atom. The van der Waals surface area contributed by atoms with Gasteiger partial charge in [0.05, 0.1) is 11.9 Å². The molecule has 41 heavy (non-hydrogen) atoms. The van der Waals surface area contributed by atoms with Gasteiger partial charge in [0.2, 0.25) is 21.8 Å². The Morgan fingerprint density at radius 3 is 2.07 bits per heavy atom. The zero-order valence-corrected chi connectivity index (χ0v) is 26.0. The zero-order valence-electron chi connectivity index (χ0n) is 24.4. The quantitative estimate of drug-likeness (QED) is 0.270. The molecule has 0 aliphatic carbocycles. The van der Waals surface area contributed by atoms with Crippen LogP contribution < -0.4 is 9.62 Å². The van der Waals surface area contributed by atoms with Crippen LogP contribution in [0.4, 0.5) is 5.69 Å². The summed E-state index contributed by atoms with van der Waals surface area (Å²) in [5, 5.41) is 3.59. The van der Waals surface area contributed by atoms with E-state index in [4.69, 9.17) is 11.6 Å². The maximum atomic E-state index is 14.2. The fourth-order valence-corrected chi connectivity index (χ4v) is 5.57. The molecule has 2 amide bonds. The SMILES string of the molecule is CC[C@H](C)NC(=O)[C@H](Cc1ccccc1)N(Cc1ccc(Cl)cc1)C(=O)CN(c1ccccc1C(C)C)S(C)(=O)=O. The van der Waals surface area contributed by atoms with Crippen molar-refractivity contribution in [3.05, 3.63) is 101 Å². The average Bonchev–Trinajstić information content (AvgIpc) is 2.94. The van der Waals surface area contributed by atoms with E-state index < -0.39 is 28.5 Å². The molecule has 9 heteroatoms. The average molecular weight is 598 g/mol. The highest BCUT2D eigenvalue weighted by Gasteiger charge is 2.34. The third-order valence-corrected chi connectivity index (χ3v) is 8.42. The fourth-order valence-electron chi connectivity index (χ4n) is 4.58. The Hall–Kier alpha value is -3.36. The van der Waals surface area contributed by atoms with Gasteiger partial charge in [-0.05, 0) is 54.2 Å². The lowest BCUT2D eigenvalue weighted by Crippen LogP contribution is -2.54. The molecule has 0 fully saturated rings. The third-order valence-electron chi connectivity index (χ3n) is 7.04. The Morgan fingerprint density at radius 2 is 1.49 bits per heavy atom. The summed E-state index contributed by atoms with van der Waals surface area (Å²) in [4.78, 5) is 29.5. The highest BCUT2D eigenvalue weighted by molar-refractivity contribution is 7.92. The molecular weight excluding hydrogens is 558 g/mol. The summed E-state index contributed by atoms with van der Waals surface area (Å²) in [5.41, 5.74) is 2.92. The van der Waals surface area contributed by atoms with Crippen molar-refractivity contribution < 1.29 is 18.0 Å². The molecule has 3 rings (SSSR count). The monoisotopic (exact) mass is 597 g/mol. The Labute approximate surface area is 249 Å². The number of anilines is 1. The number of para-hydroxylation sites is 1. The second-order valence-electron chi connectivity index (χ2n) is 10.7. The molecule has 0 saturated heterocycles. The molecule has 0 saturated carbocycles. The lowest BCUT2D eigenvalue weighted by Gasteiger charge is -2.34. The minimum Gasteiger partial charge on any atom is -0.352 e. The number of nitrogens with one attached hydrogen (secondary N) is 1. The highest BCUT2D eigenvalue weighted by atomic mass is 35.5. The van der Waals surface area contributed by atoms with E-state index in [0.29, 0.717) is 10.7 Å². The number of amides is 2. The first kappa shape index (κ1) is 32.2. The molecule has 2 atom stereocenters. The van der Waals surface area contributed by atoms with Crippen LogP contribution >= 0.6 is 11.6 Å². The van der Waals surface area contributed by atoms with Crippen molar-refractivity contribution in [3.63, 3.8) is 0 Å². The zero-order chi connectivity index (χ0) is 30.2. The number of hydrogen-bond acceptors (Lipinski definition) is 4. The summed E-state index contributed by atoms with van der Waals surface area (Å²) in [6.45, 7) is 7.50. The van der Waals surface area contributed by atoms with Crippen molar-refractivity contribution in [3.8, 4) is 0 Å². The lowest BCUT2D eigenvalue weighted by molar-refractivity contribution is -0.140.